The van der Waals surface area contributed by atoms with Gasteiger partial charge >= 0.3 is 0 Å². The number of benzene rings is 1. The Morgan fingerprint density at radius 1 is 1.07 bits per heavy atom. The van der Waals surface area contributed by atoms with E-state index in [1.165, 1.54) is 12.5 Å². The van der Waals surface area contributed by atoms with Crippen LogP contribution in [-0.4, -0.2) is 46.2 Å². The Hall–Kier alpha value is -2.69. The lowest BCUT2D eigenvalue weighted by atomic mass is 9.90. The van der Waals surface area contributed by atoms with Gasteiger partial charge in [0.2, 0.25) is 11.8 Å². The minimum atomic E-state index is -0.0915. The summed E-state index contributed by atoms with van der Waals surface area (Å²) < 4.78 is 0. The highest BCUT2D eigenvalue weighted by Crippen LogP contribution is 2.22. The number of carbonyl (C=O) groups is 2. The molecule has 0 spiro atoms. The highest BCUT2D eigenvalue weighted by Gasteiger charge is 2.25. The molecule has 0 N–H and O–H groups in total. The molecule has 1 aliphatic rings. The first-order valence-electron chi connectivity index (χ1n) is 9.58. The zero-order valence-corrected chi connectivity index (χ0v) is 15.9. The van der Waals surface area contributed by atoms with Crippen molar-refractivity contribution in [2.75, 3.05) is 19.6 Å². The van der Waals surface area contributed by atoms with Crippen LogP contribution in [0.25, 0.3) is 0 Å². The molecule has 5 nitrogen and oxygen atoms in total. The van der Waals surface area contributed by atoms with E-state index in [9.17, 15) is 9.59 Å². The summed E-state index contributed by atoms with van der Waals surface area (Å²) in [5, 5.41) is 0. The first kappa shape index (κ1) is 19.1. The van der Waals surface area contributed by atoms with Crippen LogP contribution in [0.2, 0.25) is 0 Å². The van der Waals surface area contributed by atoms with E-state index >= 15 is 0 Å². The number of hydrogen-bond donors (Lipinski definition) is 0. The van der Waals surface area contributed by atoms with Crippen LogP contribution in [-0.2, 0) is 22.6 Å². The highest BCUT2D eigenvalue weighted by molar-refractivity contribution is 5.83. The fourth-order valence-electron chi connectivity index (χ4n) is 3.59. The Morgan fingerprint density at radius 2 is 1.78 bits per heavy atom. The van der Waals surface area contributed by atoms with Gasteiger partial charge in [0.15, 0.2) is 0 Å². The van der Waals surface area contributed by atoms with Crippen LogP contribution >= 0.6 is 0 Å². The molecule has 1 aromatic heterocycles. The van der Waals surface area contributed by atoms with Crippen molar-refractivity contribution in [3.05, 3.63) is 66.0 Å². The number of hydrogen-bond acceptors (Lipinski definition) is 3. The van der Waals surface area contributed by atoms with E-state index in [-0.39, 0.29) is 18.4 Å². The van der Waals surface area contributed by atoms with Gasteiger partial charge in [-0.2, -0.15) is 0 Å². The van der Waals surface area contributed by atoms with Gasteiger partial charge in [-0.1, -0.05) is 36.4 Å². The second-order valence-electron chi connectivity index (χ2n) is 7.25. The van der Waals surface area contributed by atoms with Crippen LogP contribution in [0.4, 0.5) is 0 Å². The Balaban J connectivity index is 1.49. The summed E-state index contributed by atoms with van der Waals surface area (Å²) in [6.07, 6.45) is 6.54. The van der Waals surface area contributed by atoms with E-state index in [1.54, 1.807) is 17.3 Å². The van der Waals surface area contributed by atoms with Crippen molar-refractivity contribution in [1.29, 1.82) is 0 Å². The highest BCUT2D eigenvalue weighted by atomic mass is 16.2. The van der Waals surface area contributed by atoms with Gasteiger partial charge < -0.3 is 9.80 Å². The fourth-order valence-corrected chi connectivity index (χ4v) is 3.59. The molecule has 2 aromatic rings. The monoisotopic (exact) mass is 365 g/mol. The summed E-state index contributed by atoms with van der Waals surface area (Å²) in [5.41, 5.74) is 2.29. The lowest BCUT2D eigenvalue weighted by Gasteiger charge is -2.33. The normalized spacial score (nSPS) is 14.8. The van der Waals surface area contributed by atoms with Crippen LogP contribution in [0, 0.1) is 5.92 Å². The second-order valence-corrected chi connectivity index (χ2v) is 7.25. The maximum atomic E-state index is 12.7. The van der Waals surface area contributed by atoms with Crippen molar-refractivity contribution in [3.8, 4) is 0 Å². The Morgan fingerprint density at radius 3 is 2.41 bits per heavy atom. The smallest absolute Gasteiger partial charge is 0.242 e. The van der Waals surface area contributed by atoms with Crippen molar-refractivity contribution in [1.82, 2.24) is 14.8 Å². The first-order chi connectivity index (χ1) is 13.1. The summed E-state index contributed by atoms with van der Waals surface area (Å²) in [4.78, 5) is 32.2. The quantitative estimate of drug-likeness (QED) is 0.791. The maximum absolute atomic E-state index is 12.7. The van der Waals surface area contributed by atoms with Crippen LogP contribution in [0.5, 0.6) is 0 Å². The predicted octanol–water partition coefficient (Wildman–Crippen LogP) is 2.91. The summed E-state index contributed by atoms with van der Waals surface area (Å²) in [6.45, 7) is 3.60. The van der Waals surface area contributed by atoms with Crippen molar-refractivity contribution in [3.63, 3.8) is 0 Å². The zero-order valence-electron chi connectivity index (χ0n) is 15.9. The van der Waals surface area contributed by atoms with Crippen molar-refractivity contribution < 1.29 is 9.59 Å². The second kappa shape index (κ2) is 9.31. The number of likely N-dealkylation sites (tertiary alicyclic amines) is 1. The van der Waals surface area contributed by atoms with Crippen LogP contribution in [0.3, 0.4) is 0 Å². The molecule has 0 saturated carbocycles. The average Bonchev–Trinajstić information content (AvgIpc) is 2.69. The van der Waals surface area contributed by atoms with E-state index in [0.717, 1.165) is 37.9 Å². The topological polar surface area (TPSA) is 53.5 Å². The molecule has 1 fully saturated rings. The van der Waals surface area contributed by atoms with Crippen LogP contribution in [0.15, 0.2) is 54.9 Å². The van der Waals surface area contributed by atoms with Gasteiger partial charge in [-0.15, -0.1) is 0 Å². The SMILES string of the molecule is CC(=O)N(CC(=O)N1CCC(Cc2ccccc2)CC1)Cc1cccnc1. The fraction of sp³-hybridized carbons (Fsp3) is 0.409. The van der Waals surface area contributed by atoms with Crippen molar-refractivity contribution >= 4 is 11.8 Å². The van der Waals surface area contributed by atoms with E-state index in [1.807, 2.05) is 23.1 Å². The van der Waals surface area contributed by atoms with Gasteiger partial charge in [-0.25, -0.2) is 0 Å². The average molecular weight is 365 g/mol. The van der Waals surface area contributed by atoms with E-state index in [4.69, 9.17) is 0 Å². The lowest BCUT2D eigenvalue weighted by molar-refractivity contribution is -0.140. The first-order valence-corrected chi connectivity index (χ1v) is 9.58. The summed E-state index contributed by atoms with van der Waals surface area (Å²) in [7, 11) is 0. The molecule has 142 valence electrons. The molecule has 2 heterocycles. The summed E-state index contributed by atoms with van der Waals surface area (Å²) in [5.74, 6) is 0.564. The maximum Gasteiger partial charge on any atom is 0.242 e. The van der Waals surface area contributed by atoms with Crippen molar-refractivity contribution in [2.45, 2.75) is 32.7 Å². The van der Waals surface area contributed by atoms with Gasteiger partial charge in [0, 0.05) is 39.0 Å². The van der Waals surface area contributed by atoms with Gasteiger partial charge in [0.05, 0.1) is 0 Å². The number of piperidine rings is 1. The minimum absolute atomic E-state index is 0.0345. The molecule has 3 rings (SSSR count). The molecule has 0 unspecified atom stereocenters. The van der Waals surface area contributed by atoms with Gasteiger partial charge in [0.1, 0.15) is 6.54 Å². The van der Waals surface area contributed by atoms with Gasteiger partial charge in [0.25, 0.3) is 0 Å². The Labute approximate surface area is 161 Å². The third kappa shape index (κ3) is 5.64. The molecule has 1 aliphatic heterocycles. The molecular weight excluding hydrogens is 338 g/mol. The third-order valence-corrected chi connectivity index (χ3v) is 5.20. The standard InChI is InChI=1S/C22H27N3O2/c1-18(26)25(16-21-8-5-11-23-15-21)17-22(27)24-12-9-20(10-13-24)14-19-6-3-2-4-7-19/h2-8,11,15,20H,9-10,12-14,16-17H2,1H3. The number of nitrogens with zero attached hydrogens (tertiary/aromatic N) is 3. The zero-order chi connectivity index (χ0) is 19.1. The molecule has 2 amide bonds. The number of amides is 2. The lowest BCUT2D eigenvalue weighted by Crippen LogP contribution is -2.45. The van der Waals surface area contributed by atoms with Gasteiger partial charge in [-0.05, 0) is 42.4 Å². The molecular formula is C22H27N3O2. The van der Waals surface area contributed by atoms with E-state index < -0.39 is 0 Å². The minimum Gasteiger partial charge on any atom is -0.341 e. The third-order valence-electron chi connectivity index (χ3n) is 5.20. The number of rotatable bonds is 6. The summed E-state index contributed by atoms with van der Waals surface area (Å²) >= 11 is 0. The number of aromatic nitrogens is 1. The van der Waals surface area contributed by atoms with Crippen LogP contribution < -0.4 is 0 Å². The molecule has 27 heavy (non-hydrogen) atoms. The van der Waals surface area contributed by atoms with Crippen LogP contribution in [0.1, 0.15) is 30.9 Å². The molecule has 1 aromatic carbocycles. The largest absolute Gasteiger partial charge is 0.341 e. The molecule has 0 atom stereocenters. The molecule has 1 saturated heterocycles. The van der Waals surface area contributed by atoms with Gasteiger partial charge in [-0.3, -0.25) is 14.6 Å². The van der Waals surface area contributed by atoms with E-state index in [2.05, 4.69) is 29.2 Å². The Bertz CT molecular complexity index is 741. The summed E-state index contributed by atoms with van der Waals surface area (Å²) in [6, 6.07) is 14.3. The molecule has 0 radical (unpaired) electrons. The number of pyridine rings is 1. The molecule has 0 bridgehead atoms. The van der Waals surface area contributed by atoms with Crippen molar-refractivity contribution in [2.24, 2.45) is 5.92 Å². The molecule has 0 aliphatic carbocycles. The van der Waals surface area contributed by atoms with E-state index in [0.29, 0.717) is 12.5 Å². The molecule has 5 heteroatoms. The Kier molecular flexibility index (Phi) is 6.58. The predicted molar refractivity (Wildman–Crippen MR) is 105 cm³/mol. The number of carbonyl (C=O) groups excluding carboxylic acids is 2.